The SMILES string of the molecule is [2H]C([2H])([2H])[C@]1(O)[C@@H]2O[Si](C(C)C)(C(C)C)O[Si](C(C)C)(C(C)C)OCC2O[C@H]1n1cnc2c(Cl)nc(NC(C)=O)nc21. The molecule has 2 aliphatic heterocycles. The van der Waals surface area contributed by atoms with Crippen molar-refractivity contribution in [2.24, 2.45) is 0 Å². The van der Waals surface area contributed by atoms with E-state index in [0.717, 1.165) is 0 Å². The first-order valence-electron chi connectivity index (χ1n) is 14.9. The molecule has 0 radical (unpaired) electrons. The average Bonchev–Trinajstić information content (AvgIpc) is 3.37. The summed E-state index contributed by atoms with van der Waals surface area (Å²) in [6, 6.07) is 0. The Kier molecular flexibility index (Phi) is 7.29. The molecule has 4 atom stereocenters. The summed E-state index contributed by atoms with van der Waals surface area (Å²) in [5.74, 6) is -0.532. The van der Waals surface area contributed by atoms with Crippen LogP contribution < -0.4 is 5.32 Å². The van der Waals surface area contributed by atoms with Crippen LogP contribution in [0.5, 0.6) is 0 Å². The molecule has 0 aromatic carbocycles. The van der Waals surface area contributed by atoms with Crippen molar-refractivity contribution in [2.75, 3.05) is 11.9 Å². The van der Waals surface area contributed by atoms with Gasteiger partial charge in [0.05, 0.1) is 12.9 Å². The lowest BCUT2D eigenvalue weighted by atomic mass is 9.96. The van der Waals surface area contributed by atoms with E-state index in [1.807, 2.05) is 27.7 Å². The van der Waals surface area contributed by atoms with Crippen molar-refractivity contribution in [3.63, 3.8) is 0 Å². The fourth-order valence-electron chi connectivity index (χ4n) is 5.73. The van der Waals surface area contributed by atoms with Gasteiger partial charge in [0, 0.05) is 11.0 Å². The highest BCUT2D eigenvalue weighted by atomic mass is 35.5. The number of aliphatic hydroxyl groups is 1. The van der Waals surface area contributed by atoms with Gasteiger partial charge >= 0.3 is 17.1 Å². The molecule has 4 rings (SSSR count). The smallest absolute Gasteiger partial charge is 0.335 e. The molecule has 2 aliphatic rings. The van der Waals surface area contributed by atoms with Crippen LogP contribution in [0.2, 0.25) is 27.3 Å². The van der Waals surface area contributed by atoms with Crippen molar-refractivity contribution in [1.82, 2.24) is 19.5 Å². The predicted molar refractivity (Wildman–Crippen MR) is 153 cm³/mol. The maximum atomic E-state index is 12.4. The first-order valence-corrected chi connectivity index (χ1v) is 17.7. The van der Waals surface area contributed by atoms with Crippen LogP contribution in [0.4, 0.5) is 5.95 Å². The molecule has 2 aromatic rings. The Bertz CT molecular complexity index is 1310. The van der Waals surface area contributed by atoms with E-state index < -0.39 is 53.9 Å². The van der Waals surface area contributed by atoms with Crippen LogP contribution in [0.3, 0.4) is 0 Å². The molecule has 2 saturated heterocycles. The van der Waals surface area contributed by atoms with Crippen molar-refractivity contribution in [3.8, 4) is 0 Å². The van der Waals surface area contributed by atoms with E-state index in [1.54, 1.807) is 0 Å². The highest BCUT2D eigenvalue weighted by Gasteiger charge is 2.64. The monoisotopic (exact) mass is 602 g/mol. The number of fused-ring (bicyclic) bond motifs is 2. The second-order valence-corrected chi connectivity index (χ2v) is 20.9. The summed E-state index contributed by atoms with van der Waals surface area (Å²) in [5.41, 5.74) is -2.44. The van der Waals surface area contributed by atoms with Gasteiger partial charge in [-0.15, -0.1) is 0 Å². The molecule has 0 saturated carbocycles. The molecule has 2 aromatic heterocycles. The van der Waals surface area contributed by atoms with E-state index in [1.165, 1.54) is 17.8 Å². The summed E-state index contributed by atoms with van der Waals surface area (Å²) in [4.78, 5) is 24.4. The van der Waals surface area contributed by atoms with Gasteiger partial charge in [-0.05, 0) is 29.0 Å². The summed E-state index contributed by atoms with van der Waals surface area (Å²) in [6.07, 6.45) is -2.52. The van der Waals surface area contributed by atoms with Gasteiger partial charge in [-0.25, -0.2) is 4.98 Å². The van der Waals surface area contributed by atoms with Crippen LogP contribution in [0.1, 0.15) is 79.5 Å². The second-order valence-electron chi connectivity index (χ2n) is 11.7. The van der Waals surface area contributed by atoms with Crippen LogP contribution in [0.25, 0.3) is 11.2 Å². The number of hydrogen-bond donors (Lipinski definition) is 2. The highest BCUT2D eigenvalue weighted by Crippen LogP contribution is 2.51. The zero-order valence-corrected chi connectivity index (χ0v) is 26.7. The van der Waals surface area contributed by atoms with Crippen molar-refractivity contribution in [2.45, 2.75) is 115 Å². The first-order chi connectivity index (χ1) is 19.3. The molecule has 14 heteroatoms. The summed E-state index contributed by atoms with van der Waals surface area (Å²) in [5, 5.41) is 14.8. The third-order valence-corrected chi connectivity index (χ3v) is 18.2. The van der Waals surface area contributed by atoms with Gasteiger partial charge < -0.3 is 22.8 Å². The Labute approximate surface area is 241 Å². The Hall–Kier alpha value is -1.46. The van der Waals surface area contributed by atoms with Crippen LogP contribution >= 0.6 is 11.6 Å². The Morgan fingerprint density at radius 1 is 1.15 bits per heavy atom. The summed E-state index contributed by atoms with van der Waals surface area (Å²) in [7, 11) is -6.27. The minimum Gasteiger partial charge on any atom is -0.414 e. The maximum absolute atomic E-state index is 12.4. The summed E-state index contributed by atoms with van der Waals surface area (Å²) >= 11 is 6.35. The Morgan fingerprint density at radius 2 is 1.77 bits per heavy atom. The number of halogens is 1. The Morgan fingerprint density at radius 3 is 2.31 bits per heavy atom. The van der Waals surface area contributed by atoms with Crippen LogP contribution in [-0.2, 0) is 22.5 Å². The topological polar surface area (TPSA) is 130 Å². The third kappa shape index (κ3) is 5.09. The molecule has 0 bridgehead atoms. The first kappa shape index (κ1) is 26.4. The van der Waals surface area contributed by atoms with Gasteiger partial charge in [0.15, 0.2) is 17.0 Å². The third-order valence-electron chi connectivity index (χ3n) is 7.69. The number of amides is 1. The number of carbonyl (C=O) groups is 1. The zero-order valence-electron chi connectivity index (χ0n) is 27.0. The molecule has 0 spiro atoms. The highest BCUT2D eigenvalue weighted by molar-refractivity contribution is 6.84. The van der Waals surface area contributed by atoms with Gasteiger partial charge in [-0.3, -0.25) is 14.7 Å². The largest absolute Gasteiger partial charge is 0.414 e. The maximum Gasteiger partial charge on any atom is 0.335 e. The van der Waals surface area contributed by atoms with E-state index in [0.29, 0.717) is 0 Å². The minimum absolute atomic E-state index is 0.0394. The second kappa shape index (κ2) is 10.7. The molecule has 1 amide bonds. The number of ether oxygens (including phenoxy) is 1. The van der Waals surface area contributed by atoms with Crippen molar-refractivity contribution < 1.29 is 31.7 Å². The van der Waals surface area contributed by atoms with E-state index >= 15 is 0 Å². The number of aromatic nitrogens is 4. The number of hydrogen-bond acceptors (Lipinski definition) is 9. The van der Waals surface area contributed by atoms with E-state index in [4.69, 9.17) is 33.4 Å². The van der Waals surface area contributed by atoms with Crippen molar-refractivity contribution in [1.29, 1.82) is 0 Å². The quantitative estimate of drug-likeness (QED) is 0.345. The molecular weight excluding hydrogens is 558 g/mol. The number of nitrogens with zero attached hydrogens (tertiary/aromatic N) is 4. The van der Waals surface area contributed by atoms with Crippen LogP contribution in [0, 0.1) is 0 Å². The Balaban J connectivity index is 1.94. The van der Waals surface area contributed by atoms with Gasteiger partial charge in [0.25, 0.3) is 0 Å². The number of imidazole rings is 1. The lowest BCUT2D eigenvalue weighted by Gasteiger charge is -2.52. The van der Waals surface area contributed by atoms with Gasteiger partial charge in [0.2, 0.25) is 11.9 Å². The summed E-state index contributed by atoms with van der Waals surface area (Å²) in [6.45, 7) is 14.6. The fraction of sp³-hybridized carbons (Fsp3) is 0.760. The molecule has 0 aliphatic carbocycles. The average molecular weight is 603 g/mol. The van der Waals surface area contributed by atoms with E-state index in [9.17, 15) is 9.90 Å². The molecule has 1 unspecified atom stereocenters. The lowest BCUT2D eigenvalue weighted by Crippen LogP contribution is -2.66. The van der Waals surface area contributed by atoms with Crippen molar-refractivity contribution >= 4 is 51.7 Å². The predicted octanol–water partition coefficient (Wildman–Crippen LogP) is 5.04. The zero-order chi connectivity index (χ0) is 31.6. The molecule has 4 heterocycles. The molecular formula is C25H42ClN5O6Si2. The van der Waals surface area contributed by atoms with Crippen LogP contribution in [-0.4, -0.2) is 72.1 Å². The van der Waals surface area contributed by atoms with Gasteiger partial charge in [-0.1, -0.05) is 67.0 Å². The number of nitrogens with one attached hydrogen (secondary N) is 1. The van der Waals surface area contributed by atoms with Crippen LogP contribution in [0.15, 0.2) is 6.33 Å². The van der Waals surface area contributed by atoms with E-state index in [2.05, 4.69) is 48.0 Å². The molecule has 11 nitrogen and oxygen atoms in total. The minimum atomic E-state index is -3.31. The molecule has 218 valence electrons. The summed E-state index contributed by atoms with van der Waals surface area (Å²) < 4.78 is 54.3. The van der Waals surface area contributed by atoms with Gasteiger partial charge in [0.1, 0.15) is 23.3 Å². The molecule has 39 heavy (non-hydrogen) atoms. The van der Waals surface area contributed by atoms with E-state index in [-0.39, 0.29) is 51.0 Å². The van der Waals surface area contributed by atoms with Crippen molar-refractivity contribution in [3.05, 3.63) is 11.5 Å². The fourth-order valence-corrected chi connectivity index (χ4v) is 17.2. The number of carbonyl (C=O) groups excluding carboxylic acids is 1. The normalized spacial score (nSPS) is 30.2. The molecule has 2 fully saturated rings. The number of anilines is 1. The standard InChI is InChI=1S/C25H42ClN5O6Si2/c1-13(2)38(14(3)4)34-11-18-20(36-39(37-38,15(5)6)16(7)8)25(10,33)23(35-18)31-12-27-19-21(26)29-24(28-17(9)32)30-22(19)31/h12-16,18,20,23,33H,11H2,1-10H3,(H,28,29,30,32)/t18?,20-,23-,25+/m1/s1/i10D3. The molecule has 2 N–H and O–H groups in total. The lowest BCUT2D eigenvalue weighted by molar-refractivity contribution is -0.114. The van der Waals surface area contributed by atoms with Gasteiger partial charge in [-0.2, -0.15) is 9.97 Å². The number of rotatable bonds is 6.